The maximum atomic E-state index is 12.4. The van der Waals surface area contributed by atoms with Crippen LogP contribution in [0.5, 0.6) is 0 Å². The van der Waals surface area contributed by atoms with E-state index >= 15 is 0 Å². The van der Waals surface area contributed by atoms with E-state index in [0.717, 1.165) is 38.8 Å². The highest BCUT2D eigenvalue weighted by Gasteiger charge is 2.44. The van der Waals surface area contributed by atoms with Gasteiger partial charge in [0.2, 0.25) is 11.8 Å². The minimum atomic E-state index is -0.00977. The lowest BCUT2D eigenvalue weighted by Crippen LogP contribution is -2.53. The van der Waals surface area contributed by atoms with Crippen LogP contribution in [0.1, 0.15) is 25.7 Å². The summed E-state index contributed by atoms with van der Waals surface area (Å²) in [4.78, 5) is 25.9. The number of nitrogens with zero attached hydrogens (tertiary/aromatic N) is 1. The van der Waals surface area contributed by atoms with E-state index in [4.69, 9.17) is 0 Å². The molecule has 2 amide bonds. The number of carbonyl (C=O) groups is 2. The molecule has 3 aliphatic rings. The van der Waals surface area contributed by atoms with Gasteiger partial charge in [-0.05, 0) is 32.2 Å². The first-order valence-electron chi connectivity index (χ1n) is 6.59. The highest BCUT2D eigenvalue weighted by atomic mass is 16.2. The van der Waals surface area contributed by atoms with Crippen LogP contribution in [-0.2, 0) is 9.59 Å². The zero-order valence-electron chi connectivity index (χ0n) is 9.95. The number of nitrogens with one attached hydrogen (secondary N) is 2. The van der Waals surface area contributed by atoms with Crippen molar-refractivity contribution < 1.29 is 9.59 Å². The van der Waals surface area contributed by atoms with E-state index in [2.05, 4.69) is 10.6 Å². The summed E-state index contributed by atoms with van der Waals surface area (Å²) in [5.74, 6) is 0.370. The summed E-state index contributed by atoms with van der Waals surface area (Å²) in [6, 6.07) is 0.0932. The smallest absolute Gasteiger partial charge is 0.240 e. The van der Waals surface area contributed by atoms with Gasteiger partial charge in [-0.2, -0.15) is 0 Å². The molecule has 94 valence electrons. The van der Waals surface area contributed by atoms with E-state index in [1.54, 1.807) is 0 Å². The number of fused-ring (bicyclic) bond motifs is 1. The highest BCUT2D eigenvalue weighted by Crippen LogP contribution is 2.28. The lowest BCUT2D eigenvalue weighted by Gasteiger charge is -2.37. The molecule has 0 spiro atoms. The maximum Gasteiger partial charge on any atom is 0.240 e. The molecule has 3 aliphatic heterocycles. The van der Waals surface area contributed by atoms with E-state index in [1.165, 1.54) is 0 Å². The van der Waals surface area contributed by atoms with Crippen molar-refractivity contribution in [1.29, 1.82) is 0 Å². The molecule has 5 heteroatoms. The van der Waals surface area contributed by atoms with Crippen LogP contribution in [0.25, 0.3) is 0 Å². The molecule has 17 heavy (non-hydrogen) atoms. The first kappa shape index (κ1) is 11.0. The van der Waals surface area contributed by atoms with E-state index in [0.29, 0.717) is 6.54 Å². The van der Waals surface area contributed by atoms with E-state index < -0.39 is 0 Å². The normalized spacial score (nSPS) is 36.8. The van der Waals surface area contributed by atoms with Crippen molar-refractivity contribution in [2.75, 3.05) is 19.6 Å². The second-order valence-corrected chi connectivity index (χ2v) is 5.24. The van der Waals surface area contributed by atoms with Gasteiger partial charge in [0.15, 0.2) is 0 Å². The molecule has 0 aromatic heterocycles. The Hall–Kier alpha value is -1.10. The van der Waals surface area contributed by atoms with Crippen LogP contribution >= 0.6 is 0 Å². The average Bonchev–Trinajstić information content (AvgIpc) is 2.98. The van der Waals surface area contributed by atoms with E-state index in [-0.39, 0.29) is 29.8 Å². The average molecular weight is 237 g/mol. The van der Waals surface area contributed by atoms with Gasteiger partial charge >= 0.3 is 0 Å². The summed E-state index contributed by atoms with van der Waals surface area (Å²) in [7, 11) is 0. The Morgan fingerprint density at radius 3 is 2.94 bits per heavy atom. The topological polar surface area (TPSA) is 61.4 Å². The molecule has 5 nitrogen and oxygen atoms in total. The van der Waals surface area contributed by atoms with Crippen molar-refractivity contribution in [1.82, 2.24) is 15.5 Å². The molecule has 0 aliphatic carbocycles. The molecule has 3 atom stereocenters. The fraction of sp³-hybridized carbons (Fsp3) is 0.833. The van der Waals surface area contributed by atoms with Crippen LogP contribution in [0.2, 0.25) is 0 Å². The van der Waals surface area contributed by atoms with E-state index in [9.17, 15) is 9.59 Å². The molecule has 3 rings (SSSR count). The summed E-state index contributed by atoms with van der Waals surface area (Å²) < 4.78 is 0. The third-order valence-corrected chi connectivity index (χ3v) is 4.24. The molecule has 0 bridgehead atoms. The minimum absolute atomic E-state index is 0.00977. The molecular formula is C12H19N3O2. The lowest BCUT2D eigenvalue weighted by molar-refractivity contribution is -0.138. The summed E-state index contributed by atoms with van der Waals surface area (Å²) in [5.41, 5.74) is 0. The van der Waals surface area contributed by atoms with Crippen molar-refractivity contribution >= 4 is 11.8 Å². The van der Waals surface area contributed by atoms with Crippen molar-refractivity contribution in [3.05, 3.63) is 0 Å². The van der Waals surface area contributed by atoms with Gasteiger partial charge in [-0.15, -0.1) is 0 Å². The summed E-state index contributed by atoms with van der Waals surface area (Å²) in [6.07, 6.45) is 3.90. The van der Waals surface area contributed by atoms with Crippen molar-refractivity contribution in [2.24, 2.45) is 5.92 Å². The number of carbonyl (C=O) groups excluding carboxylic acids is 2. The van der Waals surface area contributed by atoms with Gasteiger partial charge in [0, 0.05) is 13.1 Å². The predicted molar refractivity (Wildman–Crippen MR) is 62.3 cm³/mol. The Balaban J connectivity index is 1.73. The zero-order chi connectivity index (χ0) is 11.8. The molecule has 3 heterocycles. The Morgan fingerprint density at radius 2 is 2.18 bits per heavy atom. The molecule has 0 saturated carbocycles. The number of amides is 2. The van der Waals surface area contributed by atoms with Crippen LogP contribution in [0.3, 0.4) is 0 Å². The van der Waals surface area contributed by atoms with Crippen LogP contribution in [0.15, 0.2) is 0 Å². The fourth-order valence-corrected chi connectivity index (χ4v) is 3.32. The highest BCUT2D eigenvalue weighted by molar-refractivity contribution is 5.86. The van der Waals surface area contributed by atoms with Crippen LogP contribution in [0.4, 0.5) is 0 Å². The van der Waals surface area contributed by atoms with Gasteiger partial charge in [-0.3, -0.25) is 9.59 Å². The standard InChI is InChI=1S/C12H19N3O2/c16-11-8-3-2-6-15(10(8)7-14-11)12(17)9-4-1-5-13-9/h8-10,13H,1-7H2,(H,14,16)/t8?,9-,10?/m0/s1. The van der Waals surface area contributed by atoms with Gasteiger partial charge in [0.05, 0.1) is 18.0 Å². The molecule has 2 N–H and O–H groups in total. The first-order valence-corrected chi connectivity index (χ1v) is 6.59. The minimum Gasteiger partial charge on any atom is -0.354 e. The number of rotatable bonds is 1. The third kappa shape index (κ3) is 1.82. The quantitative estimate of drug-likeness (QED) is 0.645. The zero-order valence-corrected chi connectivity index (χ0v) is 9.95. The molecule has 0 aromatic carbocycles. The summed E-state index contributed by atoms with van der Waals surface area (Å²) in [6.45, 7) is 2.39. The van der Waals surface area contributed by atoms with E-state index in [1.807, 2.05) is 4.90 Å². The molecule has 0 aromatic rings. The SMILES string of the molecule is O=C1NCC2C1CCCN2C(=O)[C@@H]1CCCN1. The van der Waals surface area contributed by atoms with Crippen molar-refractivity contribution in [3.63, 3.8) is 0 Å². The predicted octanol–water partition coefficient (Wildman–Crippen LogP) is -0.525. The van der Waals surface area contributed by atoms with Gasteiger partial charge in [0.1, 0.15) is 0 Å². The largest absolute Gasteiger partial charge is 0.354 e. The first-order chi connectivity index (χ1) is 8.27. The Bertz CT molecular complexity index is 339. The second-order valence-electron chi connectivity index (χ2n) is 5.24. The van der Waals surface area contributed by atoms with Crippen molar-refractivity contribution in [3.8, 4) is 0 Å². The summed E-state index contributed by atoms with van der Waals surface area (Å²) >= 11 is 0. The Labute approximate surface area is 101 Å². The van der Waals surface area contributed by atoms with Crippen LogP contribution in [-0.4, -0.2) is 48.4 Å². The number of piperidine rings is 1. The Morgan fingerprint density at radius 1 is 1.29 bits per heavy atom. The van der Waals surface area contributed by atoms with Gasteiger partial charge in [0.25, 0.3) is 0 Å². The lowest BCUT2D eigenvalue weighted by atomic mass is 9.91. The second kappa shape index (κ2) is 4.29. The third-order valence-electron chi connectivity index (χ3n) is 4.24. The maximum absolute atomic E-state index is 12.4. The molecular weight excluding hydrogens is 218 g/mol. The summed E-state index contributed by atoms with van der Waals surface area (Å²) in [5, 5.41) is 6.13. The number of likely N-dealkylation sites (tertiary alicyclic amines) is 1. The molecule has 2 unspecified atom stereocenters. The number of hydrogen-bond acceptors (Lipinski definition) is 3. The number of hydrogen-bond donors (Lipinski definition) is 2. The van der Waals surface area contributed by atoms with Gasteiger partial charge < -0.3 is 15.5 Å². The Kier molecular flexibility index (Phi) is 2.78. The van der Waals surface area contributed by atoms with Gasteiger partial charge in [-0.1, -0.05) is 0 Å². The van der Waals surface area contributed by atoms with Crippen LogP contribution < -0.4 is 10.6 Å². The molecule has 3 fully saturated rings. The van der Waals surface area contributed by atoms with Gasteiger partial charge in [-0.25, -0.2) is 0 Å². The monoisotopic (exact) mass is 237 g/mol. The van der Waals surface area contributed by atoms with Crippen molar-refractivity contribution in [2.45, 2.75) is 37.8 Å². The van der Waals surface area contributed by atoms with Crippen LogP contribution in [0, 0.1) is 5.92 Å². The molecule has 0 radical (unpaired) electrons. The molecule has 3 saturated heterocycles. The fourth-order valence-electron chi connectivity index (χ4n) is 3.32.